The van der Waals surface area contributed by atoms with E-state index in [1.807, 2.05) is 13.8 Å². The molecule has 0 bridgehead atoms. The first kappa shape index (κ1) is 17.4. The van der Waals surface area contributed by atoms with Crippen LogP contribution in [0, 0.1) is 5.92 Å². The van der Waals surface area contributed by atoms with Gasteiger partial charge >= 0.3 is 5.97 Å². The molecule has 4 heteroatoms. The summed E-state index contributed by atoms with van der Waals surface area (Å²) in [4.78, 5) is 13.6. The Labute approximate surface area is 112 Å². The summed E-state index contributed by atoms with van der Waals surface area (Å²) in [5.74, 6) is 0.530. The van der Waals surface area contributed by atoms with Gasteiger partial charge in [0.1, 0.15) is 0 Å². The van der Waals surface area contributed by atoms with Crippen molar-refractivity contribution in [2.45, 2.75) is 52.6 Å². The van der Waals surface area contributed by atoms with Crippen LogP contribution in [0.4, 0.5) is 0 Å². The molecule has 0 spiro atoms. The third kappa shape index (κ3) is 9.42. The van der Waals surface area contributed by atoms with Crippen molar-refractivity contribution in [3.63, 3.8) is 0 Å². The predicted molar refractivity (Wildman–Crippen MR) is 75.6 cm³/mol. The molecule has 0 saturated carbocycles. The molecular weight excluding hydrogens is 228 g/mol. The molecule has 0 aromatic heterocycles. The van der Waals surface area contributed by atoms with Crippen LogP contribution in [0.3, 0.4) is 0 Å². The molecule has 0 fully saturated rings. The van der Waals surface area contributed by atoms with E-state index in [4.69, 9.17) is 4.74 Å². The first-order chi connectivity index (χ1) is 8.35. The van der Waals surface area contributed by atoms with Crippen LogP contribution >= 0.6 is 0 Å². The third-order valence-corrected chi connectivity index (χ3v) is 2.64. The van der Waals surface area contributed by atoms with Crippen LogP contribution < -0.4 is 5.32 Å². The fourth-order valence-corrected chi connectivity index (χ4v) is 2.14. The van der Waals surface area contributed by atoms with E-state index in [-0.39, 0.29) is 12.0 Å². The summed E-state index contributed by atoms with van der Waals surface area (Å²) in [7, 11) is 4.15. The lowest BCUT2D eigenvalue weighted by molar-refractivity contribution is -0.143. The summed E-state index contributed by atoms with van der Waals surface area (Å²) in [5.41, 5.74) is 0. The van der Waals surface area contributed by atoms with Crippen molar-refractivity contribution in [1.29, 1.82) is 0 Å². The molecule has 0 aliphatic carbocycles. The number of carbonyl (C=O) groups excluding carboxylic acids is 1. The van der Waals surface area contributed by atoms with Gasteiger partial charge in [-0.25, -0.2) is 0 Å². The maximum Gasteiger partial charge on any atom is 0.307 e. The number of carbonyl (C=O) groups is 1. The smallest absolute Gasteiger partial charge is 0.307 e. The topological polar surface area (TPSA) is 41.6 Å². The van der Waals surface area contributed by atoms with Crippen molar-refractivity contribution in [3.05, 3.63) is 0 Å². The number of likely N-dealkylation sites (N-methyl/N-ethyl adjacent to an activating group) is 1. The molecular formula is C14H30N2O2. The molecule has 0 aliphatic heterocycles. The van der Waals surface area contributed by atoms with Crippen LogP contribution in [0.2, 0.25) is 0 Å². The van der Waals surface area contributed by atoms with Gasteiger partial charge < -0.3 is 15.0 Å². The Morgan fingerprint density at radius 2 is 1.89 bits per heavy atom. The van der Waals surface area contributed by atoms with Gasteiger partial charge in [-0.05, 0) is 40.3 Å². The SMILES string of the molecule is CCOC(=O)CC(C)NC(CC(C)C)CN(C)C. The lowest BCUT2D eigenvalue weighted by Crippen LogP contribution is -2.44. The second-order valence-electron chi connectivity index (χ2n) is 5.67. The van der Waals surface area contributed by atoms with Gasteiger partial charge in [0, 0.05) is 18.6 Å². The fourth-order valence-electron chi connectivity index (χ4n) is 2.14. The number of esters is 1. The van der Waals surface area contributed by atoms with Crippen LogP contribution in [0.5, 0.6) is 0 Å². The Morgan fingerprint density at radius 3 is 2.33 bits per heavy atom. The van der Waals surface area contributed by atoms with E-state index in [1.54, 1.807) is 0 Å². The van der Waals surface area contributed by atoms with E-state index in [2.05, 4.69) is 38.2 Å². The second-order valence-corrected chi connectivity index (χ2v) is 5.67. The van der Waals surface area contributed by atoms with Gasteiger partial charge in [0.25, 0.3) is 0 Å². The Balaban J connectivity index is 4.16. The van der Waals surface area contributed by atoms with E-state index >= 15 is 0 Å². The minimum atomic E-state index is -0.120. The average Bonchev–Trinajstić information content (AvgIpc) is 2.14. The molecule has 0 radical (unpaired) electrons. The molecule has 0 saturated heterocycles. The number of hydrogen-bond donors (Lipinski definition) is 1. The molecule has 108 valence electrons. The molecule has 2 atom stereocenters. The summed E-state index contributed by atoms with van der Waals surface area (Å²) in [6, 6.07) is 0.581. The highest BCUT2D eigenvalue weighted by Crippen LogP contribution is 2.07. The summed E-state index contributed by atoms with van der Waals surface area (Å²) >= 11 is 0. The third-order valence-electron chi connectivity index (χ3n) is 2.64. The van der Waals surface area contributed by atoms with Crippen molar-refractivity contribution in [1.82, 2.24) is 10.2 Å². The van der Waals surface area contributed by atoms with Gasteiger partial charge in [-0.3, -0.25) is 4.79 Å². The van der Waals surface area contributed by atoms with Crippen molar-refractivity contribution in [2.75, 3.05) is 27.2 Å². The van der Waals surface area contributed by atoms with Crippen LogP contribution in [0.1, 0.15) is 40.5 Å². The number of nitrogens with zero attached hydrogens (tertiary/aromatic N) is 1. The monoisotopic (exact) mass is 258 g/mol. The molecule has 18 heavy (non-hydrogen) atoms. The zero-order valence-electron chi connectivity index (χ0n) is 12.8. The normalized spacial score (nSPS) is 14.9. The standard InChI is InChI=1S/C14H30N2O2/c1-7-18-14(17)9-12(4)15-13(8-11(2)3)10-16(5)6/h11-13,15H,7-10H2,1-6H3. The molecule has 0 amide bonds. The first-order valence-electron chi connectivity index (χ1n) is 6.91. The Morgan fingerprint density at radius 1 is 1.28 bits per heavy atom. The molecule has 1 N–H and O–H groups in total. The van der Waals surface area contributed by atoms with Crippen LogP contribution in [0.15, 0.2) is 0 Å². The maximum atomic E-state index is 11.4. The minimum absolute atomic E-state index is 0.120. The molecule has 0 rings (SSSR count). The lowest BCUT2D eigenvalue weighted by atomic mass is 10.0. The van der Waals surface area contributed by atoms with Crippen molar-refractivity contribution in [2.24, 2.45) is 5.92 Å². The quantitative estimate of drug-likeness (QED) is 0.641. The molecule has 0 aromatic carbocycles. The van der Waals surface area contributed by atoms with Gasteiger partial charge in [0.15, 0.2) is 0 Å². The number of ether oxygens (including phenoxy) is 1. The summed E-state index contributed by atoms with van der Waals surface area (Å²) in [6.45, 7) is 9.77. The van der Waals surface area contributed by atoms with Crippen molar-refractivity contribution in [3.8, 4) is 0 Å². The molecule has 0 heterocycles. The van der Waals surface area contributed by atoms with Crippen LogP contribution in [0.25, 0.3) is 0 Å². The van der Waals surface area contributed by atoms with Gasteiger partial charge in [0.05, 0.1) is 13.0 Å². The highest BCUT2D eigenvalue weighted by atomic mass is 16.5. The second kappa shape index (κ2) is 9.34. The average molecular weight is 258 g/mol. The van der Waals surface area contributed by atoms with Gasteiger partial charge in [-0.2, -0.15) is 0 Å². The minimum Gasteiger partial charge on any atom is -0.466 e. The molecule has 0 aromatic rings. The Bertz CT molecular complexity index is 220. The predicted octanol–water partition coefficient (Wildman–Crippen LogP) is 1.89. The molecule has 2 unspecified atom stereocenters. The summed E-state index contributed by atoms with van der Waals surface area (Å²) in [6.07, 6.45) is 1.56. The van der Waals surface area contributed by atoms with Gasteiger partial charge in [0.2, 0.25) is 0 Å². The zero-order chi connectivity index (χ0) is 14.1. The van der Waals surface area contributed by atoms with Gasteiger partial charge in [-0.15, -0.1) is 0 Å². The van der Waals surface area contributed by atoms with Gasteiger partial charge in [-0.1, -0.05) is 13.8 Å². The van der Waals surface area contributed by atoms with E-state index in [9.17, 15) is 4.79 Å². The van der Waals surface area contributed by atoms with E-state index in [0.29, 0.717) is 25.0 Å². The highest BCUT2D eigenvalue weighted by molar-refractivity contribution is 5.70. The van der Waals surface area contributed by atoms with E-state index < -0.39 is 0 Å². The number of hydrogen-bond acceptors (Lipinski definition) is 4. The molecule has 0 aliphatic rings. The lowest BCUT2D eigenvalue weighted by Gasteiger charge is -2.27. The number of rotatable bonds is 9. The Hall–Kier alpha value is -0.610. The summed E-state index contributed by atoms with van der Waals surface area (Å²) in [5, 5.41) is 3.53. The largest absolute Gasteiger partial charge is 0.466 e. The van der Waals surface area contributed by atoms with E-state index in [0.717, 1.165) is 13.0 Å². The van der Waals surface area contributed by atoms with Crippen molar-refractivity contribution >= 4 is 5.97 Å². The maximum absolute atomic E-state index is 11.4. The van der Waals surface area contributed by atoms with Crippen LogP contribution in [-0.2, 0) is 9.53 Å². The highest BCUT2D eigenvalue weighted by Gasteiger charge is 2.17. The first-order valence-corrected chi connectivity index (χ1v) is 6.91. The zero-order valence-corrected chi connectivity index (χ0v) is 12.8. The Kier molecular flexibility index (Phi) is 9.02. The molecule has 4 nitrogen and oxygen atoms in total. The fraction of sp³-hybridized carbons (Fsp3) is 0.929. The van der Waals surface area contributed by atoms with Crippen molar-refractivity contribution < 1.29 is 9.53 Å². The van der Waals surface area contributed by atoms with E-state index in [1.165, 1.54) is 0 Å². The van der Waals surface area contributed by atoms with Crippen LogP contribution in [-0.4, -0.2) is 50.2 Å². The number of nitrogens with one attached hydrogen (secondary N) is 1. The summed E-state index contributed by atoms with van der Waals surface area (Å²) < 4.78 is 4.97.